The Kier molecular flexibility index (Phi) is 6.49. The quantitative estimate of drug-likeness (QED) is 0.233. The molecule has 30 heavy (non-hydrogen) atoms. The summed E-state index contributed by atoms with van der Waals surface area (Å²) in [6.45, 7) is 2.84. The first-order valence-electron chi connectivity index (χ1n) is 9.86. The van der Waals surface area contributed by atoms with Gasteiger partial charge in [0.15, 0.2) is 4.34 Å². The molecule has 0 aliphatic carbocycles. The molecule has 7 nitrogen and oxygen atoms in total. The number of hydrogen-bond donors (Lipinski definition) is 0. The first-order chi connectivity index (χ1) is 14.6. The van der Waals surface area contributed by atoms with Crippen LogP contribution in [0.4, 0.5) is 11.4 Å². The third-order valence-corrected chi connectivity index (χ3v) is 7.36. The van der Waals surface area contributed by atoms with Crippen molar-refractivity contribution in [1.82, 2.24) is 9.88 Å². The maximum Gasteiger partial charge on any atom is 0.269 e. The summed E-state index contributed by atoms with van der Waals surface area (Å²) in [5, 5.41) is 10.8. The summed E-state index contributed by atoms with van der Waals surface area (Å²) in [5.41, 5.74) is 2.09. The van der Waals surface area contributed by atoms with Gasteiger partial charge < -0.3 is 9.80 Å². The van der Waals surface area contributed by atoms with Crippen LogP contribution in [0.15, 0.2) is 52.9 Å². The van der Waals surface area contributed by atoms with Gasteiger partial charge in [0, 0.05) is 56.2 Å². The van der Waals surface area contributed by atoms with Crippen molar-refractivity contribution in [3.05, 3.63) is 58.6 Å². The summed E-state index contributed by atoms with van der Waals surface area (Å²) in [4.78, 5) is 31.6. The second-order valence-electron chi connectivity index (χ2n) is 7.04. The highest BCUT2D eigenvalue weighted by atomic mass is 32.2. The number of carbonyl (C=O) groups is 1. The van der Waals surface area contributed by atoms with Gasteiger partial charge in [-0.2, -0.15) is 0 Å². The number of nitro groups is 1. The summed E-state index contributed by atoms with van der Waals surface area (Å²) in [5.74, 6) is 1.08. The van der Waals surface area contributed by atoms with E-state index in [0.717, 1.165) is 40.8 Å². The number of amides is 1. The average molecular weight is 443 g/mol. The maximum absolute atomic E-state index is 12.5. The number of aromatic nitrogens is 1. The van der Waals surface area contributed by atoms with E-state index >= 15 is 0 Å². The molecule has 156 valence electrons. The Morgan fingerprint density at radius 1 is 1.10 bits per heavy atom. The lowest BCUT2D eigenvalue weighted by Gasteiger charge is -2.36. The number of para-hydroxylation sites is 1. The molecule has 1 aliphatic rings. The first-order valence-corrected chi connectivity index (χ1v) is 11.7. The first kappa shape index (κ1) is 20.6. The Bertz CT molecular complexity index is 997. The Morgan fingerprint density at radius 3 is 2.53 bits per heavy atom. The molecule has 2 aromatic carbocycles. The number of nitro benzene ring substituents is 1. The zero-order valence-electron chi connectivity index (χ0n) is 16.4. The van der Waals surface area contributed by atoms with Gasteiger partial charge in [-0.15, -0.1) is 11.3 Å². The lowest BCUT2D eigenvalue weighted by Crippen LogP contribution is -2.48. The van der Waals surface area contributed by atoms with Crippen molar-refractivity contribution in [2.75, 3.05) is 36.8 Å². The molecule has 3 aromatic rings. The number of hydrogen-bond acceptors (Lipinski definition) is 7. The molecule has 1 aromatic heterocycles. The van der Waals surface area contributed by atoms with Crippen molar-refractivity contribution in [2.45, 2.75) is 17.2 Å². The molecule has 0 saturated carbocycles. The number of rotatable bonds is 7. The molecule has 1 fully saturated rings. The highest BCUT2D eigenvalue weighted by Crippen LogP contribution is 2.30. The van der Waals surface area contributed by atoms with Gasteiger partial charge in [0.1, 0.15) is 0 Å². The van der Waals surface area contributed by atoms with Crippen LogP contribution in [0.25, 0.3) is 10.2 Å². The fourth-order valence-electron chi connectivity index (χ4n) is 3.45. The van der Waals surface area contributed by atoms with Gasteiger partial charge in [0.25, 0.3) is 5.69 Å². The zero-order valence-corrected chi connectivity index (χ0v) is 18.0. The van der Waals surface area contributed by atoms with Crippen molar-refractivity contribution in [1.29, 1.82) is 0 Å². The van der Waals surface area contributed by atoms with E-state index in [-0.39, 0.29) is 11.6 Å². The van der Waals surface area contributed by atoms with Crippen molar-refractivity contribution in [2.24, 2.45) is 0 Å². The van der Waals surface area contributed by atoms with Crippen molar-refractivity contribution in [3.63, 3.8) is 0 Å². The van der Waals surface area contributed by atoms with Gasteiger partial charge in [-0.3, -0.25) is 14.9 Å². The summed E-state index contributed by atoms with van der Waals surface area (Å²) in [6.07, 6.45) is 1.39. The third-order valence-electron chi connectivity index (χ3n) is 5.09. The minimum Gasteiger partial charge on any atom is -0.368 e. The number of benzene rings is 2. The number of thioether (sulfide) groups is 1. The van der Waals surface area contributed by atoms with Gasteiger partial charge in [-0.05, 0) is 30.7 Å². The number of piperazine rings is 1. The van der Waals surface area contributed by atoms with E-state index in [1.807, 2.05) is 23.1 Å². The second-order valence-corrected chi connectivity index (χ2v) is 9.41. The molecule has 4 rings (SSSR count). The van der Waals surface area contributed by atoms with Crippen molar-refractivity contribution < 1.29 is 9.72 Å². The van der Waals surface area contributed by atoms with Crippen LogP contribution in [-0.4, -0.2) is 52.6 Å². The van der Waals surface area contributed by atoms with Gasteiger partial charge in [-0.25, -0.2) is 4.98 Å². The van der Waals surface area contributed by atoms with Crippen LogP contribution in [0, 0.1) is 10.1 Å². The van der Waals surface area contributed by atoms with Crippen molar-refractivity contribution in [3.8, 4) is 0 Å². The van der Waals surface area contributed by atoms with E-state index < -0.39 is 4.92 Å². The molecule has 1 saturated heterocycles. The summed E-state index contributed by atoms with van der Waals surface area (Å²) >= 11 is 3.41. The number of nitrogens with zero attached hydrogens (tertiary/aromatic N) is 4. The SMILES string of the molecule is O=C(CCCSc1nc2ccccc2s1)N1CCN(c2ccc([N+](=O)[O-])cc2)CC1. The molecule has 0 bridgehead atoms. The Balaban J connectivity index is 1.19. The minimum absolute atomic E-state index is 0.0938. The Hall–Kier alpha value is -2.65. The molecule has 1 aliphatic heterocycles. The van der Waals surface area contributed by atoms with E-state index in [4.69, 9.17) is 0 Å². The van der Waals surface area contributed by atoms with Gasteiger partial charge in [-0.1, -0.05) is 23.9 Å². The predicted molar refractivity (Wildman–Crippen MR) is 121 cm³/mol. The van der Waals surface area contributed by atoms with Gasteiger partial charge in [0.2, 0.25) is 5.91 Å². The van der Waals surface area contributed by atoms with Crippen LogP contribution < -0.4 is 4.90 Å². The smallest absolute Gasteiger partial charge is 0.269 e. The fourth-order valence-corrected chi connectivity index (χ4v) is 5.53. The molecule has 0 atom stereocenters. The summed E-state index contributed by atoms with van der Waals surface area (Å²) in [7, 11) is 0. The Labute approximate surface area is 182 Å². The maximum atomic E-state index is 12.5. The van der Waals surface area contributed by atoms with Crippen LogP contribution in [0.2, 0.25) is 0 Å². The highest BCUT2D eigenvalue weighted by molar-refractivity contribution is 8.01. The number of thiazole rings is 1. The molecule has 2 heterocycles. The molecule has 0 spiro atoms. The second kappa shape index (κ2) is 9.44. The molecule has 9 heteroatoms. The van der Waals surface area contributed by atoms with Crippen molar-refractivity contribution >= 4 is 50.6 Å². The van der Waals surface area contributed by atoms with Crippen LogP contribution in [0.1, 0.15) is 12.8 Å². The monoisotopic (exact) mass is 442 g/mol. The third kappa shape index (κ3) is 4.91. The van der Waals surface area contributed by atoms with Crippen LogP contribution in [-0.2, 0) is 4.79 Å². The lowest BCUT2D eigenvalue weighted by atomic mass is 10.2. The van der Waals surface area contributed by atoms with Gasteiger partial charge in [0.05, 0.1) is 15.1 Å². The van der Waals surface area contributed by atoms with E-state index in [0.29, 0.717) is 19.5 Å². The normalized spacial score (nSPS) is 14.3. The Morgan fingerprint density at radius 2 is 1.83 bits per heavy atom. The van der Waals surface area contributed by atoms with E-state index in [1.165, 1.54) is 16.8 Å². The molecule has 0 N–H and O–H groups in total. The summed E-state index contributed by atoms with van der Waals surface area (Å²) < 4.78 is 2.25. The van der Waals surface area contributed by atoms with Crippen LogP contribution >= 0.6 is 23.1 Å². The zero-order chi connectivity index (χ0) is 20.9. The van der Waals surface area contributed by atoms with E-state index in [9.17, 15) is 14.9 Å². The fraction of sp³-hybridized carbons (Fsp3) is 0.333. The molecule has 0 radical (unpaired) electrons. The van der Waals surface area contributed by atoms with Crippen LogP contribution in [0.3, 0.4) is 0 Å². The summed E-state index contributed by atoms with van der Waals surface area (Å²) in [6, 6.07) is 14.7. The largest absolute Gasteiger partial charge is 0.368 e. The lowest BCUT2D eigenvalue weighted by molar-refractivity contribution is -0.384. The number of fused-ring (bicyclic) bond motifs is 1. The number of non-ortho nitro benzene ring substituents is 1. The molecule has 0 unspecified atom stereocenters. The number of carbonyl (C=O) groups excluding carboxylic acids is 1. The molecular weight excluding hydrogens is 420 g/mol. The van der Waals surface area contributed by atoms with E-state index in [1.54, 1.807) is 35.2 Å². The topological polar surface area (TPSA) is 79.6 Å². The minimum atomic E-state index is -0.393. The standard InChI is InChI=1S/C21H22N4O3S2/c26-20(6-3-15-29-21-22-18-4-1-2-5-19(18)30-21)24-13-11-23(12-14-24)16-7-9-17(10-8-16)25(27)28/h1-2,4-5,7-10H,3,6,11-15H2. The average Bonchev–Trinajstić information content (AvgIpc) is 3.19. The number of anilines is 1. The molecular formula is C21H22N4O3S2. The van der Waals surface area contributed by atoms with E-state index in [2.05, 4.69) is 16.0 Å². The molecule has 1 amide bonds. The van der Waals surface area contributed by atoms with Crippen LogP contribution in [0.5, 0.6) is 0 Å². The predicted octanol–water partition coefficient (Wildman–Crippen LogP) is 4.43. The van der Waals surface area contributed by atoms with Gasteiger partial charge >= 0.3 is 0 Å². The highest BCUT2D eigenvalue weighted by Gasteiger charge is 2.21.